The Hall–Kier alpha value is -4.08. The first-order chi connectivity index (χ1) is 20.3. The Morgan fingerprint density at radius 2 is 1.74 bits per heavy atom. The number of fused-ring (bicyclic) bond motifs is 1. The molecule has 1 fully saturated rings. The van der Waals surface area contributed by atoms with Gasteiger partial charge in [0.05, 0.1) is 17.9 Å². The number of halogens is 4. The van der Waals surface area contributed by atoms with Crippen molar-refractivity contribution in [1.29, 1.82) is 0 Å². The average molecular weight is 621 g/mol. The summed E-state index contributed by atoms with van der Waals surface area (Å²) in [7, 11) is -4.30. The predicted octanol–water partition coefficient (Wildman–Crippen LogP) is 3.77. The third-order valence-electron chi connectivity index (χ3n) is 6.97. The topological polar surface area (TPSA) is 138 Å². The number of piperidine rings is 1. The first kappa shape index (κ1) is 30.4. The van der Waals surface area contributed by atoms with Gasteiger partial charge in [0, 0.05) is 53.4 Å². The second-order valence-electron chi connectivity index (χ2n) is 10.6. The van der Waals surface area contributed by atoms with Crippen molar-refractivity contribution in [3.05, 3.63) is 70.2 Å². The van der Waals surface area contributed by atoms with Gasteiger partial charge in [0.15, 0.2) is 17.5 Å². The largest absolute Gasteiger partial charge is 0.392 e. The Morgan fingerprint density at radius 3 is 2.40 bits per heavy atom. The second kappa shape index (κ2) is 11.5. The fraction of sp³-hybridized carbons (Fsp3) is 0.321. The van der Waals surface area contributed by atoms with Crippen molar-refractivity contribution >= 4 is 32.7 Å². The SMILES string of the molecule is CC(C)n1c(=O)c(-c2c(F)c(F)c(NS(C)(=O)=O)c(F)c2-c2ccccc2F)cc2cnc(N[C@@H]3CNC[C@H](O)C3)nc21. The molecule has 2 aromatic heterocycles. The van der Waals surface area contributed by atoms with Crippen molar-refractivity contribution in [1.82, 2.24) is 19.9 Å². The molecule has 4 aromatic rings. The Balaban J connectivity index is 1.78. The van der Waals surface area contributed by atoms with E-state index in [9.17, 15) is 18.3 Å². The molecule has 4 N–H and O–H groups in total. The highest BCUT2D eigenvalue weighted by molar-refractivity contribution is 7.92. The van der Waals surface area contributed by atoms with Crippen LogP contribution in [-0.2, 0) is 10.0 Å². The number of aromatic nitrogens is 3. The van der Waals surface area contributed by atoms with E-state index in [0.717, 1.165) is 18.2 Å². The summed E-state index contributed by atoms with van der Waals surface area (Å²) in [5.41, 5.74) is -4.91. The van der Waals surface area contributed by atoms with E-state index in [1.54, 1.807) is 18.6 Å². The molecule has 1 aliphatic rings. The maximum atomic E-state index is 16.0. The Labute approximate surface area is 243 Å². The average Bonchev–Trinajstić information content (AvgIpc) is 2.93. The number of aliphatic hydroxyl groups excluding tert-OH is 1. The highest BCUT2D eigenvalue weighted by Crippen LogP contribution is 2.42. The predicted molar refractivity (Wildman–Crippen MR) is 154 cm³/mol. The fourth-order valence-corrected chi connectivity index (χ4v) is 5.71. The summed E-state index contributed by atoms with van der Waals surface area (Å²) in [5, 5.41) is 16.3. The molecule has 1 saturated heterocycles. The number of benzene rings is 2. The van der Waals surface area contributed by atoms with Gasteiger partial charge in [-0.1, -0.05) is 18.2 Å². The second-order valence-corrected chi connectivity index (χ2v) is 12.4. The molecule has 0 amide bonds. The van der Waals surface area contributed by atoms with Gasteiger partial charge < -0.3 is 15.7 Å². The lowest BCUT2D eigenvalue weighted by molar-refractivity contribution is 0.136. The number of hydrogen-bond donors (Lipinski definition) is 4. The third kappa shape index (κ3) is 5.92. The summed E-state index contributed by atoms with van der Waals surface area (Å²) < 4.78 is 88.8. The molecule has 0 saturated carbocycles. The van der Waals surface area contributed by atoms with Crippen LogP contribution in [0.3, 0.4) is 0 Å². The van der Waals surface area contributed by atoms with Gasteiger partial charge in [0.1, 0.15) is 17.2 Å². The minimum atomic E-state index is -4.30. The summed E-state index contributed by atoms with van der Waals surface area (Å²) in [5.74, 6) is -6.15. The number of hydrogen-bond acceptors (Lipinski definition) is 8. The van der Waals surface area contributed by atoms with Crippen LogP contribution in [-0.4, -0.2) is 59.6 Å². The van der Waals surface area contributed by atoms with Crippen LogP contribution < -0.4 is 20.9 Å². The lowest BCUT2D eigenvalue weighted by Gasteiger charge is -2.27. The maximum Gasteiger partial charge on any atom is 0.260 e. The number of aliphatic hydroxyl groups is 1. The zero-order valence-corrected chi connectivity index (χ0v) is 24.1. The Bertz CT molecular complexity index is 1900. The number of nitrogens with zero attached hydrogens (tertiary/aromatic N) is 3. The van der Waals surface area contributed by atoms with E-state index in [-0.39, 0.29) is 23.0 Å². The van der Waals surface area contributed by atoms with Gasteiger partial charge in [-0.25, -0.2) is 31.0 Å². The minimum Gasteiger partial charge on any atom is -0.392 e. The summed E-state index contributed by atoms with van der Waals surface area (Å²) >= 11 is 0. The Morgan fingerprint density at radius 1 is 1.05 bits per heavy atom. The molecule has 15 heteroatoms. The zero-order valence-electron chi connectivity index (χ0n) is 23.3. The van der Waals surface area contributed by atoms with Crippen LogP contribution in [0.15, 0.2) is 41.3 Å². The number of pyridine rings is 1. The van der Waals surface area contributed by atoms with Crippen molar-refractivity contribution in [2.75, 3.05) is 29.4 Å². The molecule has 5 rings (SSSR count). The molecule has 0 bridgehead atoms. The number of β-amino-alcohol motifs (C(OH)–C–C–N with tert-alkyl or cyclic N) is 1. The lowest BCUT2D eigenvalue weighted by atomic mass is 9.92. The fourth-order valence-electron chi connectivity index (χ4n) is 5.16. The van der Waals surface area contributed by atoms with E-state index in [0.29, 0.717) is 25.8 Å². The van der Waals surface area contributed by atoms with Crippen molar-refractivity contribution in [3.8, 4) is 22.3 Å². The van der Waals surface area contributed by atoms with Crippen LogP contribution in [0, 0.1) is 23.3 Å². The van der Waals surface area contributed by atoms with Crippen LogP contribution in [0.2, 0.25) is 0 Å². The molecule has 0 radical (unpaired) electrons. The summed E-state index contributed by atoms with van der Waals surface area (Å²) in [6.07, 6.45) is 1.82. The van der Waals surface area contributed by atoms with Gasteiger partial charge in [-0.3, -0.25) is 14.1 Å². The molecular formula is C28H28F4N6O4S. The van der Waals surface area contributed by atoms with Gasteiger partial charge in [0.2, 0.25) is 16.0 Å². The monoisotopic (exact) mass is 620 g/mol. The molecule has 43 heavy (non-hydrogen) atoms. The van der Waals surface area contributed by atoms with Crippen LogP contribution >= 0.6 is 0 Å². The third-order valence-corrected chi connectivity index (χ3v) is 7.55. The smallest absolute Gasteiger partial charge is 0.260 e. The molecule has 228 valence electrons. The summed E-state index contributed by atoms with van der Waals surface area (Å²) in [4.78, 5) is 22.7. The van der Waals surface area contributed by atoms with E-state index in [1.807, 2.05) is 0 Å². The maximum absolute atomic E-state index is 16.0. The first-order valence-corrected chi connectivity index (χ1v) is 15.2. The molecule has 0 spiro atoms. The van der Waals surface area contributed by atoms with Crippen LogP contribution in [0.4, 0.5) is 29.2 Å². The van der Waals surface area contributed by atoms with E-state index < -0.39 is 78.9 Å². The number of rotatable bonds is 7. The molecule has 2 atom stereocenters. The van der Waals surface area contributed by atoms with Gasteiger partial charge in [-0.2, -0.15) is 4.98 Å². The molecule has 10 nitrogen and oxygen atoms in total. The molecular weight excluding hydrogens is 592 g/mol. The molecule has 0 aliphatic carbocycles. The normalized spacial score (nSPS) is 17.4. The Kier molecular flexibility index (Phi) is 8.15. The molecule has 0 unspecified atom stereocenters. The molecule has 3 heterocycles. The van der Waals surface area contributed by atoms with Crippen molar-refractivity contribution in [2.24, 2.45) is 0 Å². The quantitative estimate of drug-likeness (QED) is 0.181. The number of nitrogens with one attached hydrogen (secondary N) is 3. The van der Waals surface area contributed by atoms with Gasteiger partial charge >= 0.3 is 0 Å². The van der Waals surface area contributed by atoms with Crippen LogP contribution in [0.5, 0.6) is 0 Å². The van der Waals surface area contributed by atoms with Crippen LogP contribution in [0.1, 0.15) is 26.3 Å². The van der Waals surface area contributed by atoms with E-state index in [2.05, 4.69) is 20.6 Å². The first-order valence-electron chi connectivity index (χ1n) is 13.3. The number of sulfonamides is 1. The van der Waals surface area contributed by atoms with Crippen molar-refractivity contribution in [2.45, 2.75) is 38.5 Å². The van der Waals surface area contributed by atoms with Gasteiger partial charge in [-0.15, -0.1) is 0 Å². The lowest BCUT2D eigenvalue weighted by Crippen LogP contribution is -2.46. The minimum absolute atomic E-state index is 0.134. The van der Waals surface area contributed by atoms with E-state index in [1.165, 1.54) is 22.9 Å². The van der Waals surface area contributed by atoms with E-state index >= 15 is 17.6 Å². The van der Waals surface area contributed by atoms with Crippen molar-refractivity contribution < 1.29 is 31.1 Å². The van der Waals surface area contributed by atoms with E-state index in [4.69, 9.17) is 0 Å². The van der Waals surface area contributed by atoms with Gasteiger partial charge in [0.25, 0.3) is 5.56 Å². The highest BCUT2D eigenvalue weighted by atomic mass is 32.2. The molecule has 2 aromatic carbocycles. The zero-order chi connectivity index (χ0) is 31.2. The van der Waals surface area contributed by atoms with Crippen molar-refractivity contribution in [3.63, 3.8) is 0 Å². The van der Waals surface area contributed by atoms with Crippen LogP contribution in [0.25, 0.3) is 33.3 Å². The van der Waals surface area contributed by atoms with Gasteiger partial charge in [-0.05, 0) is 32.4 Å². The summed E-state index contributed by atoms with van der Waals surface area (Å²) in [6, 6.07) is 5.03. The highest BCUT2D eigenvalue weighted by Gasteiger charge is 2.32. The molecule has 1 aliphatic heterocycles. The standard InChI is InChI=1S/C28H28F4N6O4S/c1-13(2)38-26-14(10-34-28(36-26)35-15-9-16(39)12-33-11-15)8-18(27(38)40)21-20(17-6-4-5-7-19(17)29)23(31)25(24(32)22(21)30)37-43(3,41)42/h4-8,10,13,15-16,33,37,39H,9,11-12H2,1-3H3,(H,34,35,36)/t15-,16+/m0/s1. The number of anilines is 2. The summed E-state index contributed by atoms with van der Waals surface area (Å²) in [6.45, 7) is 4.28.